The predicted octanol–water partition coefficient (Wildman–Crippen LogP) is 2.24. The summed E-state index contributed by atoms with van der Waals surface area (Å²) in [6.45, 7) is 6.30. The standard InChI is InChI=1S/C13H22N2O2S/c1-10(2)6-7-18(16,17)15-13-8-12(9-14)5-4-11(13)3/h4-5,8,10,15H,6-7,9,14H2,1-3H3. The van der Waals surface area contributed by atoms with E-state index in [2.05, 4.69) is 4.72 Å². The van der Waals surface area contributed by atoms with Gasteiger partial charge in [0.25, 0.3) is 0 Å². The molecule has 18 heavy (non-hydrogen) atoms. The zero-order chi connectivity index (χ0) is 13.8. The van der Waals surface area contributed by atoms with Gasteiger partial charge in [0.1, 0.15) is 0 Å². The van der Waals surface area contributed by atoms with E-state index in [1.54, 1.807) is 6.07 Å². The van der Waals surface area contributed by atoms with Gasteiger partial charge >= 0.3 is 0 Å². The Morgan fingerprint density at radius 2 is 2.00 bits per heavy atom. The van der Waals surface area contributed by atoms with E-state index in [9.17, 15) is 8.42 Å². The number of nitrogens with two attached hydrogens (primary N) is 1. The van der Waals surface area contributed by atoms with E-state index in [0.29, 0.717) is 24.6 Å². The quantitative estimate of drug-likeness (QED) is 0.832. The summed E-state index contributed by atoms with van der Waals surface area (Å²) in [5.74, 6) is 0.523. The lowest BCUT2D eigenvalue weighted by Crippen LogP contribution is -2.18. The first-order chi connectivity index (χ1) is 8.34. The fraction of sp³-hybridized carbons (Fsp3) is 0.538. The Hall–Kier alpha value is -1.07. The van der Waals surface area contributed by atoms with Crippen LogP contribution in [0.1, 0.15) is 31.4 Å². The smallest absolute Gasteiger partial charge is 0.232 e. The maximum Gasteiger partial charge on any atom is 0.232 e. The average molecular weight is 270 g/mol. The van der Waals surface area contributed by atoms with E-state index < -0.39 is 10.0 Å². The second-order valence-corrected chi connectivity index (χ2v) is 6.80. The van der Waals surface area contributed by atoms with Gasteiger partial charge in [0.05, 0.1) is 11.4 Å². The summed E-state index contributed by atoms with van der Waals surface area (Å²) >= 11 is 0. The van der Waals surface area contributed by atoms with Crippen molar-refractivity contribution in [2.24, 2.45) is 11.7 Å². The van der Waals surface area contributed by atoms with Gasteiger partial charge in [0.2, 0.25) is 10.0 Å². The summed E-state index contributed by atoms with van der Waals surface area (Å²) in [6.07, 6.45) is 0.658. The van der Waals surface area contributed by atoms with Gasteiger partial charge in [-0.15, -0.1) is 0 Å². The van der Waals surface area contributed by atoms with Gasteiger partial charge in [-0.05, 0) is 36.5 Å². The fourth-order valence-corrected chi connectivity index (χ4v) is 2.95. The molecular weight excluding hydrogens is 248 g/mol. The van der Waals surface area contributed by atoms with Crippen molar-refractivity contribution in [1.82, 2.24) is 0 Å². The number of hydrogen-bond acceptors (Lipinski definition) is 3. The van der Waals surface area contributed by atoms with Crippen LogP contribution in [0.3, 0.4) is 0 Å². The Morgan fingerprint density at radius 1 is 1.33 bits per heavy atom. The molecule has 0 fully saturated rings. The molecule has 1 rings (SSSR count). The Labute approximate surface area is 110 Å². The summed E-state index contributed by atoms with van der Waals surface area (Å²) in [5.41, 5.74) is 8.00. The molecule has 0 atom stereocenters. The van der Waals surface area contributed by atoms with Crippen molar-refractivity contribution in [2.45, 2.75) is 33.7 Å². The molecule has 0 saturated carbocycles. The summed E-state index contributed by atoms with van der Waals surface area (Å²) in [7, 11) is -3.27. The van der Waals surface area contributed by atoms with Crippen molar-refractivity contribution in [3.63, 3.8) is 0 Å². The van der Waals surface area contributed by atoms with E-state index in [4.69, 9.17) is 5.73 Å². The fourth-order valence-electron chi connectivity index (χ4n) is 1.52. The molecule has 0 bridgehead atoms. The van der Waals surface area contributed by atoms with Crippen LogP contribution in [-0.4, -0.2) is 14.2 Å². The van der Waals surface area contributed by atoms with E-state index in [1.165, 1.54) is 0 Å². The number of nitrogens with one attached hydrogen (secondary N) is 1. The van der Waals surface area contributed by atoms with Crippen LogP contribution < -0.4 is 10.5 Å². The molecule has 0 saturated heterocycles. The Balaban J connectivity index is 2.83. The predicted molar refractivity (Wildman–Crippen MR) is 75.9 cm³/mol. The van der Waals surface area contributed by atoms with Crippen LogP contribution in [0.15, 0.2) is 18.2 Å². The third-order valence-corrected chi connectivity index (χ3v) is 4.07. The lowest BCUT2D eigenvalue weighted by molar-refractivity contribution is 0.578. The highest BCUT2D eigenvalue weighted by atomic mass is 32.2. The molecule has 0 aliphatic rings. The molecule has 1 aromatic carbocycles. The monoisotopic (exact) mass is 270 g/mol. The summed E-state index contributed by atoms with van der Waals surface area (Å²) in [5, 5.41) is 0. The van der Waals surface area contributed by atoms with Crippen molar-refractivity contribution in [3.8, 4) is 0 Å². The summed E-state index contributed by atoms with van der Waals surface area (Å²) < 4.78 is 26.5. The molecule has 0 aliphatic heterocycles. The molecule has 0 unspecified atom stereocenters. The minimum Gasteiger partial charge on any atom is -0.326 e. The Kier molecular flexibility index (Phi) is 5.16. The van der Waals surface area contributed by atoms with E-state index >= 15 is 0 Å². The SMILES string of the molecule is Cc1ccc(CN)cc1NS(=O)(=O)CCC(C)C. The molecule has 0 radical (unpaired) electrons. The number of benzene rings is 1. The van der Waals surface area contributed by atoms with Gasteiger partial charge in [0, 0.05) is 6.54 Å². The van der Waals surface area contributed by atoms with Crippen LogP contribution in [0.25, 0.3) is 0 Å². The van der Waals surface area contributed by atoms with Crippen LogP contribution in [0.2, 0.25) is 0 Å². The third kappa shape index (κ3) is 4.66. The van der Waals surface area contributed by atoms with E-state index in [0.717, 1.165) is 11.1 Å². The first-order valence-corrected chi connectivity index (χ1v) is 7.79. The normalized spacial score (nSPS) is 11.8. The van der Waals surface area contributed by atoms with Crippen LogP contribution in [-0.2, 0) is 16.6 Å². The maximum atomic E-state index is 11.9. The molecule has 102 valence electrons. The molecule has 0 aliphatic carbocycles. The van der Waals surface area contributed by atoms with Crippen molar-refractivity contribution < 1.29 is 8.42 Å². The molecule has 0 aromatic heterocycles. The Bertz CT molecular complexity index is 496. The number of rotatable bonds is 6. The summed E-state index contributed by atoms with van der Waals surface area (Å²) in [6, 6.07) is 5.58. The van der Waals surface area contributed by atoms with Crippen LogP contribution >= 0.6 is 0 Å². The van der Waals surface area contributed by atoms with Gasteiger partial charge < -0.3 is 5.73 Å². The van der Waals surface area contributed by atoms with Gasteiger partial charge in [-0.1, -0.05) is 26.0 Å². The highest BCUT2D eigenvalue weighted by Gasteiger charge is 2.12. The first-order valence-electron chi connectivity index (χ1n) is 6.14. The van der Waals surface area contributed by atoms with Gasteiger partial charge in [-0.25, -0.2) is 8.42 Å². The second kappa shape index (κ2) is 6.20. The van der Waals surface area contributed by atoms with Crippen molar-refractivity contribution in [2.75, 3.05) is 10.5 Å². The molecule has 0 amide bonds. The third-order valence-electron chi connectivity index (χ3n) is 2.77. The van der Waals surface area contributed by atoms with Crippen LogP contribution in [0, 0.1) is 12.8 Å². The molecule has 1 aromatic rings. The molecular formula is C13H22N2O2S. The topological polar surface area (TPSA) is 72.2 Å². The Morgan fingerprint density at radius 3 is 2.56 bits per heavy atom. The summed E-state index contributed by atoms with van der Waals surface area (Å²) in [4.78, 5) is 0. The van der Waals surface area contributed by atoms with Gasteiger partial charge in [-0.3, -0.25) is 4.72 Å². The highest BCUT2D eigenvalue weighted by Crippen LogP contribution is 2.18. The number of aryl methyl sites for hydroxylation is 1. The minimum absolute atomic E-state index is 0.150. The zero-order valence-corrected chi connectivity index (χ0v) is 12.0. The number of anilines is 1. The van der Waals surface area contributed by atoms with Crippen molar-refractivity contribution >= 4 is 15.7 Å². The van der Waals surface area contributed by atoms with Crippen molar-refractivity contribution in [1.29, 1.82) is 0 Å². The average Bonchev–Trinajstić information content (AvgIpc) is 2.29. The van der Waals surface area contributed by atoms with E-state index in [-0.39, 0.29) is 5.75 Å². The largest absolute Gasteiger partial charge is 0.326 e. The molecule has 0 heterocycles. The highest BCUT2D eigenvalue weighted by molar-refractivity contribution is 7.92. The van der Waals surface area contributed by atoms with E-state index in [1.807, 2.05) is 32.9 Å². The van der Waals surface area contributed by atoms with Gasteiger partial charge in [0.15, 0.2) is 0 Å². The van der Waals surface area contributed by atoms with Crippen LogP contribution in [0.5, 0.6) is 0 Å². The molecule has 0 spiro atoms. The van der Waals surface area contributed by atoms with Gasteiger partial charge in [-0.2, -0.15) is 0 Å². The second-order valence-electron chi connectivity index (χ2n) is 4.96. The number of sulfonamides is 1. The molecule has 4 nitrogen and oxygen atoms in total. The maximum absolute atomic E-state index is 11.9. The van der Waals surface area contributed by atoms with Crippen molar-refractivity contribution in [3.05, 3.63) is 29.3 Å². The lowest BCUT2D eigenvalue weighted by atomic mass is 10.1. The zero-order valence-electron chi connectivity index (χ0n) is 11.2. The first kappa shape index (κ1) is 15.0. The minimum atomic E-state index is -3.27. The molecule has 3 N–H and O–H groups in total. The lowest BCUT2D eigenvalue weighted by Gasteiger charge is -2.12. The number of hydrogen-bond donors (Lipinski definition) is 2. The molecule has 5 heteroatoms. The van der Waals surface area contributed by atoms with Crippen LogP contribution in [0.4, 0.5) is 5.69 Å².